The number of sulfonamides is 1. The Morgan fingerprint density at radius 1 is 1.42 bits per heavy atom. The molecule has 0 aliphatic carbocycles. The van der Waals surface area contributed by atoms with Crippen molar-refractivity contribution >= 4 is 10.0 Å². The molecule has 104 valence electrons. The van der Waals surface area contributed by atoms with Crippen molar-refractivity contribution in [3.8, 4) is 6.07 Å². The average Bonchev–Trinajstić information content (AvgIpc) is 2.35. The monoisotopic (exact) mass is 282 g/mol. The molecule has 0 aromatic heterocycles. The second-order valence-corrected chi connectivity index (χ2v) is 6.42. The molecule has 0 atom stereocenters. The van der Waals surface area contributed by atoms with Gasteiger partial charge in [-0.25, -0.2) is 8.42 Å². The Labute approximate surface area is 114 Å². The fraction of sp³-hybridized carbons (Fsp3) is 0.462. The first-order valence-corrected chi connectivity index (χ1v) is 7.61. The van der Waals surface area contributed by atoms with Crippen LogP contribution in [0.2, 0.25) is 0 Å². The third-order valence-electron chi connectivity index (χ3n) is 2.66. The largest absolute Gasteiger partial charge is 0.395 e. The molecular weight excluding hydrogens is 264 g/mol. The summed E-state index contributed by atoms with van der Waals surface area (Å²) in [6.07, 6.45) is 0. The number of rotatable bonds is 6. The van der Waals surface area contributed by atoms with Crippen LogP contribution in [0.15, 0.2) is 24.3 Å². The maximum atomic E-state index is 12.3. The molecule has 0 bridgehead atoms. The number of nitrogens with zero attached hydrogens (tertiary/aromatic N) is 2. The van der Waals surface area contributed by atoms with Crippen molar-refractivity contribution in [1.82, 2.24) is 4.31 Å². The molecule has 0 aliphatic heterocycles. The van der Waals surface area contributed by atoms with Crippen molar-refractivity contribution < 1.29 is 13.5 Å². The van der Waals surface area contributed by atoms with Gasteiger partial charge in [0.1, 0.15) is 0 Å². The standard InChI is InChI=1S/C13H18N2O3S/c1-11(2)15(6-7-16)19(17,18)10-13-5-3-4-12(8-13)9-14/h3-5,8,11,16H,6-7,10H2,1-2H3. The van der Waals surface area contributed by atoms with E-state index in [9.17, 15) is 8.42 Å². The Balaban J connectivity index is 2.97. The lowest BCUT2D eigenvalue weighted by molar-refractivity contribution is 0.236. The van der Waals surface area contributed by atoms with Crippen molar-refractivity contribution in [2.45, 2.75) is 25.6 Å². The fourth-order valence-corrected chi connectivity index (χ4v) is 3.61. The number of hydrogen-bond acceptors (Lipinski definition) is 4. The van der Waals surface area contributed by atoms with Gasteiger partial charge in [0.05, 0.1) is 24.0 Å². The molecule has 19 heavy (non-hydrogen) atoms. The van der Waals surface area contributed by atoms with E-state index in [1.165, 1.54) is 4.31 Å². The van der Waals surface area contributed by atoms with E-state index in [0.29, 0.717) is 11.1 Å². The minimum absolute atomic E-state index is 0.0813. The summed E-state index contributed by atoms with van der Waals surface area (Å²) in [6, 6.07) is 8.30. The first kappa shape index (κ1) is 15.6. The first-order valence-electron chi connectivity index (χ1n) is 6.00. The predicted molar refractivity (Wildman–Crippen MR) is 72.7 cm³/mol. The second kappa shape index (κ2) is 6.66. The Hall–Kier alpha value is -1.42. The summed E-state index contributed by atoms with van der Waals surface area (Å²) in [5, 5.41) is 17.7. The third kappa shape index (κ3) is 4.31. The fourth-order valence-electron chi connectivity index (χ4n) is 1.84. The van der Waals surface area contributed by atoms with E-state index in [2.05, 4.69) is 0 Å². The summed E-state index contributed by atoms with van der Waals surface area (Å²) in [4.78, 5) is 0. The number of nitriles is 1. The molecule has 1 aromatic rings. The van der Waals surface area contributed by atoms with Crippen LogP contribution in [0.1, 0.15) is 25.0 Å². The van der Waals surface area contributed by atoms with Crippen LogP contribution in [0.5, 0.6) is 0 Å². The van der Waals surface area contributed by atoms with Crippen molar-refractivity contribution in [2.75, 3.05) is 13.2 Å². The average molecular weight is 282 g/mol. The highest BCUT2D eigenvalue weighted by Gasteiger charge is 2.24. The predicted octanol–water partition coefficient (Wildman–Crippen LogP) is 1.09. The zero-order chi connectivity index (χ0) is 14.5. The van der Waals surface area contributed by atoms with Gasteiger partial charge in [0.25, 0.3) is 0 Å². The van der Waals surface area contributed by atoms with E-state index in [-0.39, 0.29) is 24.9 Å². The molecule has 0 saturated carbocycles. The number of aliphatic hydroxyl groups is 1. The maximum absolute atomic E-state index is 12.3. The van der Waals surface area contributed by atoms with Crippen LogP contribution in [0.25, 0.3) is 0 Å². The third-order valence-corrected chi connectivity index (χ3v) is 4.68. The van der Waals surface area contributed by atoms with Crippen LogP contribution in [0.3, 0.4) is 0 Å². The van der Waals surface area contributed by atoms with Crippen LogP contribution in [-0.2, 0) is 15.8 Å². The molecule has 1 rings (SSSR count). The number of aliphatic hydroxyl groups excluding tert-OH is 1. The van der Waals surface area contributed by atoms with Crippen LogP contribution < -0.4 is 0 Å². The highest BCUT2D eigenvalue weighted by Crippen LogP contribution is 2.14. The molecule has 1 aromatic carbocycles. The SMILES string of the molecule is CC(C)N(CCO)S(=O)(=O)Cc1cccc(C#N)c1. The van der Waals surface area contributed by atoms with Gasteiger partial charge < -0.3 is 5.11 Å². The Kier molecular flexibility index (Phi) is 5.48. The molecule has 5 nitrogen and oxygen atoms in total. The van der Waals surface area contributed by atoms with Gasteiger partial charge in [-0.1, -0.05) is 12.1 Å². The number of benzene rings is 1. The van der Waals surface area contributed by atoms with E-state index in [4.69, 9.17) is 10.4 Å². The highest BCUT2D eigenvalue weighted by molar-refractivity contribution is 7.88. The summed E-state index contributed by atoms with van der Waals surface area (Å²) in [7, 11) is -3.50. The molecule has 0 radical (unpaired) electrons. The van der Waals surface area contributed by atoms with Gasteiger partial charge in [0, 0.05) is 12.6 Å². The lowest BCUT2D eigenvalue weighted by atomic mass is 10.2. The summed E-state index contributed by atoms with van der Waals surface area (Å²) >= 11 is 0. The van der Waals surface area contributed by atoms with Gasteiger partial charge in [0.15, 0.2) is 0 Å². The van der Waals surface area contributed by atoms with Crippen LogP contribution in [-0.4, -0.2) is 37.0 Å². The van der Waals surface area contributed by atoms with Gasteiger partial charge in [-0.3, -0.25) is 0 Å². The molecule has 0 aliphatic rings. The Morgan fingerprint density at radius 3 is 2.63 bits per heavy atom. The topological polar surface area (TPSA) is 81.4 Å². The van der Waals surface area contributed by atoms with Crippen LogP contribution >= 0.6 is 0 Å². The van der Waals surface area contributed by atoms with E-state index >= 15 is 0 Å². The summed E-state index contributed by atoms with van der Waals surface area (Å²) in [5.41, 5.74) is 1.01. The Bertz CT molecular complexity index is 561. The molecule has 1 N–H and O–H groups in total. The molecule has 0 saturated heterocycles. The first-order chi connectivity index (χ1) is 8.90. The molecule has 0 unspecified atom stereocenters. The lowest BCUT2D eigenvalue weighted by Crippen LogP contribution is -2.39. The zero-order valence-corrected chi connectivity index (χ0v) is 11.9. The van der Waals surface area contributed by atoms with Crippen LogP contribution in [0.4, 0.5) is 0 Å². The van der Waals surface area contributed by atoms with E-state index in [1.54, 1.807) is 38.1 Å². The highest BCUT2D eigenvalue weighted by atomic mass is 32.2. The number of hydrogen-bond donors (Lipinski definition) is 1. The molecule has 6 heteroatoms. The van der Waals surface area contributed by atoms with E-state index in [0.717, 1.165) is 0 Å². The van der Waals surface area contributed by atoms with Crippen molar-refractivity contribution in [1.29, 1.82) is 5.26 Å². The van der Waals surface area contributed by atoms with Gasteiger partial charge in [-0.15, -0.1) is 0 Å². The minimum atomic E-state index is -3.50. The van der Waals surface area contributed by atoms with E-state index in [1.807, 2.05) is 6.07 Å². The molecule has 0 fully saturated rings. The summed E-state index contributed by atoms with van der Waals surface area (Å²) in [5.74, 6) is -0.166. The molecule has 0 spiro atoms. The van der Waals surface area contributed by atoms with Gasteiger partial charge in [0.2, 0.25) is 10.0 Å². The minimum Gasteiger partial charge on any atom is -0.395 e. The van der Waals surface area contributed by atoms with Crippen LogP contribution in [0, 0.1) is 11.3 Å². The van der Waals surface area contributed by atoms with Gasteiger partial charge >= 0.3 is 0 Å². The Morgan fingerprint density at radius 2 is 2.11 bits per heavy atom. The molecule has 0 amide bonds. The van der Waals surface area contributed by atoms with E-state index < -0.39 is 10.0 Å². The maximum Gasteiger partial charge on any atom is 0.218 e. The normalized spacial score (nSPS) is 11.8. The van der Waals surface area contributed by atoms with Gasteiger partial charge in [-0.2, -0.15) is 9.57 Å². The summed E-state index contributed by atoms with van der Waals surface area (Å²) < 4.78 is 25.8. The summed E-state index contributed by atoms with van der Waals surface area (Å²) in [6.45, 7) is 3.39. The lowest BCUT2D eigenvalue weighted by Gasteiger charge is -2.25. The quantitative estimate of drug-likeness (QED) is 0.847. The van der Waals surface area contributed by atoms with Gasteiger partial charge in [-0.05, 0) is 31.5 Å². The van der Waals surface area contributed by atoms with Crippen molar-refractivity contribution in [3.63, 3.8) is 0 Å². The molecular formula is C13H18N2O3S. The second-order valence-electron chi connectivity index (χ2n) is 4.50. The molecule has 0 heterocycles. The van der Waals surface area contributed by atoms with Crippen molar-refractivity contribution in [2.24, 2.45) is 0 Å². The smallest absolute Gasteiger partial charge is 0.218 e. The zero-order valence-electron chi connectivity index (χ0n) is 11.1. The van der Waals surface area contributed by atoms with Crippen molar-refractivity contribution in [3.05, 3.63) is 35.4 Å².